The Morgan fingerprint density at radius 2 is 1.96 bits per heavy atom. The highest BCUT2D eigenvalue weighted by Gasteiger charge is 2.40. The van der Waals surface area contributed by atoms with Crippen LogP contribution >= 0.6 is 22.9 Å². The van der Waals surface area contributed by atoms with Gasteiger partial charge in [-0.05, 0) is 18.2 Å². The number of nitrogens with zero attached hydrogens (tertiary/aromatic N) is 2. The second-order valence-electron chi connectivity index (χ2n) is 6.32. The van der Waals surface area contributed by atoms with Crippen LogP contribution in [-0.2, 0) is 9.47 Å². The fourth-order valence-electron chi connectivity index (χ4n) is 3.36. The molecule has 0 atom stereocenters. The summed E-state index contributed by atoms with van der Waals surface area (Å²) in [6.45, 7) is -0.287. The minimum Gasteiger partial charge on any atom is -0.434 e. The highest BCUT2D eigenvalue weighted by atomic mass is 35.5. The van der Waals surface area contributed by atoms with Gasteiger partial charge in [-0.2, -0.15) is 8.78 Å². The van der Waals surface area contributed by atoms with E-state index in [-0.39, 0.29) is 5.75 Å². The van der Waals surface area contributed by atoms with Crippen molar-refractivity contribution in [2.75, 3.05) is 36.9 Å². The van der Waals surface area contributed by atoms with E-state index in [2.05, 4.69) is 14.6 Å². The lowest BCUT2D eigenvalue weighted by molar-refractivity contribution is -0.169. The lowest BCUT2D eigenvalue weighted by Gasteiger charge is -2.37. The second-order valence-corrected chi connectivity index (χ2v) is 7.77. The normalized spacial score (nSPS) is 19.2. The molecule has 0 unspecified atom stereocenters. The Kier molecular flexibility index (Phi) is 5.11. The molecule has 2 aliphatic rings. The zero-order chi connectivity index (χ0) is 19.0. The molecule has 0 aliphatic carbocycles. The van der Waals surface area contributed by atoms with E-state index in [4.69, 9.17) is 26.8 Å². The average Bonchev–Trinajstić information content (AvgIpc) is 3.24. The average molecular weight is 418 g/mol. The number of piperidine rings is 1. The zero-order valence-electron chi connectivity index (χ0n) is 14.3. The van der Waals surface area contributed by atoms with Gasteiger partial charge in [0.25, 0.3) is 0 Å². The molecule has 1 aromatic heterocycles. The van der Waals surface area contributed by atoms with Crippen LogP contribution in [-0.4, -0.2) is 43.7 Å². The topological polar surface area (TPSA) is 69.8 Å². The van der Waals surface area contributed by atoms with E-state index in [1.807, 2.05) is 0 Å². The number of alkyl halides is 2. The molecule has 0 bridgehead atoms. The third-order valence-corrected chi connectivity index (χ3v) is 5.84. The SMILES string of the molecule is Nc1sc(N2CCC3(CC2)OCCO3)nc1-c1cc(Cl)ccc1OC(F)F. The summed E-state index contributed by atoms with van der Waals surface area (Å²) in [7, 11) is 0. The van der Waals surface area contributed by atoms with Crippen molar-refractivity contribution in [1.29, 1.82) is 0 Å². The molecular formula is C17H18ClF2N3O3S. The van der Waals surface area contributed by atoms with Crippen LogP contribution in [0.15, 0.2) is 18.2 Å². The Hall–Kier alpha value is -1.68. The van der Waals surface area contributed by atoms with E-state index in [9.17, 15) is 8.78 Å². The van der Waals surface area contributed by atoms with Gasteiger partial charge in [0.05, 0.1) is 13.2 Å². The lowest BCUT2D eigenvalue weighted by Crippen LogP contribution is -2.45. The molecule has 6 nitrogen and oxygen atoms in total. The zero-order valence-corrected chi connectivity index (χ0v) is 15.9. The number of anilines is 2. The molecule has 1 spiro atoms. The summed E-state index contributed by atoms with van der Waals surface area (Å²) in [5.41, 5.74) is 6.88. The third kappa shape index (κ3) is 3.82. The third-order valence-electron chi connectivity index (χ3n) is 4.66. The minimum atomic E-state index is -2.95. The molecule has 4 rings (SSSR count). The van der Waals surface area contributed by atoms with Gasteiger partial charge in [0, 0.05) is 36.5 Å². The van der Waals surface area contributed by atoms with Crippen molar-refractivity contribution in [3.63, 3.8) is 0 Å². The number of hydrogen-bond acceptors (Lipinski definition) is 7. The first-order valence-electron chi connectivity index (χ1n) is 8.50. The largest absolute Gasteiger partial charge is 0.434 e. The van der Waals surface area contributed by atoms with Crippen molar-refractivity contribution in [3.8, 4) is 17.0 Å². The summed E-state index contributed by atoms with van der Waals surface area (Å²) in [6.07, 6.45) is 1.47. The maximum absolute atomic E-state index is 12.7. The number of ether oxygens (including phenoxy) is 3. The van der Waals surface area contributed by atoms with Gasteiger partial charge in [-0.3, -0.25) is 0 Å². The first kappa shape index (κ1) is 18.7. The van der Waals surface area contributed by atoms with E-state index in [1.54, 1.807) is 0 Å². The van der Waals surface area contributed by atoms with Crippen molar-refractivity contribution in [2.24, 2.45) is 0 Å². The van der Waals surface area contributed by atoms with Gasteiger partial charge in [0.1, 0.15) is 16.4 Å². The van der Waals surface area contributed by atoms with Crippen molar-refractivity contribution < 1.29 is 23.0 Å². The van der Waals surface area contributed by atoms with Crippen LogP contribution in [0, 0.1) is 0 Å². The number of hydrogen-bond donors (Lipinski definition) is 1. The molecule has 2 aliphatic heterocycles. The number of nitrogen functional groups attached to an aromatic ring is 1. The maximum Gasteiger partial charge on any atom is 0.387 e. The van der Waals surface area contributed by atoms with E-state index in [0.717, 1.165) is 18.0 Å². The number of aromatic nitrogens is 1. The second kappa shape index (κ2) is 7.38. The molecular weight excluding hydrogens is 400 g/mol. The number of thiazole rings is 1. The first-order chi connectivity index (χ1) is 13.0. The number of nitrogens with two attached hydrogens (primary N) is 1. The Morgan fingerprint density at radius 3 is 2.63 bits per heavy atom. The van der Waals surface area contributed by atoms with Crippen LogP contribution in [0.25, 0.3) is 11.3 Å². The number of benzene rings is 1. The van der Waals surface area contributed by atoms with Crippen LogP contribution in [0.3, 0.4) is 0 Å². The van der Waals surface area contributed by atoms with Crippen molar-refractivity contribution in [1.82, 2.24) is 4.98 Å². The summed E-state index contributed by atoms with van der Waals surface area (Å²) in [6, 6.07) is 4.40. The maximum atomic E-state index is 12.7. The molecule has 2 aromatic rings. The monoisotopic (exact) mass is 417 g/mol. The molecule has 0 saturated carbocycles. The van der Waals surface area contributed by atoms with E-state index < -0.39 is 12.4 Å². The summed E-state index contributed by atoms with van der Waals surface area (Å²) >= 11 is 7.34. The van der Waals surface area contributed by atoms with E-state index >= 15 is 0 Å². The van der Waals surface area contributed by atoms with Crippen LogP contribution in [0.2, 0.25) is 5.02 Å². The molecule has 0 radical (unpaired) electrons. The predicted octanol–water partition coefficient (Wildman–Crippen LogP) is 3.99. The van der Waals surface area contributed by atoms with Crippen molar-refractivity contribution in [3.05, 3.63) is 23.2 Å². The summed E-state index contributed by atoms with van der Waals surface area (Å²) in [4.78, 5) is 6.68. The smallest absolute Gasteiger partial charge is 0.387 e. The molecule has 2 N–H and O–H groups in total. The molecule has 1 aromatic carbocycles. The summed E-state index contributed by atoms with van der Waals surface area (Å²) in [5, 5.41) is 1.52. The van der Waals surface area contributed by atoms with Crippen LogP contribution < -0.4 is 15.4 Å². The van der Waals surface area contributed by atoms with Gasteiger partial charge >= 0.3 is 6.61 Å². The first-order valence-corrected chi connectivity index (χ1v) is 9.69. The molecule has 27 heavy (non-hydrogen) atoms. The Labute approximate surface area is 163 Å². The molecule has 2 saturated heterocycles. The van der Waals surface area contributed by atoms with Gasteiger partial charge in [-0.1, -0.05) is 22.9 Å². The van der Waals surface area contributed by atoms with Gasteiger partial charge in [0.15, 0.2) is 10.9 Å². The summed E-state index contributed by atoms with van der Waals surface area (Å²) in [5.74, 6) is -0.490. The minimum absolute atomic E-state index is 0.0108. The van der Waals surface area contributed by atoms with Gasteiger partial charge < -0.3 is 24.8 Å². The molecule has 0 amide bonds. The predicted molar refractivity (Wildman–Crippen MR) is 99.7 cm³/mol. The van der Waals surface area contributed by atoms with Gasteiger partial charge in [-0.15, -0.1) is 0 Å². The lowest BCUT2D eigenvalue weighted by atomic mass is 10.0. The van der Waals surface area contributed by atoms with Crippen molar-refractivity contribution >= 4 is 33.1 Å². The molecule has 2 fully saturated rings. The highest BCUT2D eigenvalue weighted by molar-refractivity contribution is 7.19. The quantitative estimate of drug-likeness (QED) is 0.811. The Balaban J connectivity index is 1.58. The standard InChI is InChI=1S/C17H18ClF2N3O3S/c18-10-1-2-12(26-15(19)20)11(9-10)13-14(21)27-16(22-13)23-5-3-17(4-6-23)24-7-8-25-17/h1-2,9,15H,3-8,21H2. The van der Waals surface area contributed by atoms with Crippen molar-refractivity contribution in [2.45, 2.75) is 25.2 Å². The molecule has 10 heteroatoms. The number of rotatable bonds is 4. The molecule has 146 valence electrons. The fourth-order valence-corrected chi connectivity index (χ4v) is 4.43. The number of halogens is 3. The summed E-state index contributed by atoms with van der Waals surface area (Å²) < 4.78 is 41.5. The van der Waals surface area contributed by atoms with E-state index in [1.165, 1.54) is 29.5 Å². The fraction of sp³-hybridized carbons (Fsp3) is 0.471. The highest BCUT2D eigenvalue weighted by Crippen LogP contribution is 2.42. The van der Waals surface area contributed by atoms with Crippen LogP contribution in [0.5, 0.6) is 5.75 Å². The van der Waals surface area contributed by atoms with Gasteiger partial charge in [-0.25, -0.2) is 4.98 Å². The van der Waals surface area contributed by atoms with Crippen LogP contribution in [0.4, 0.5) is 18.9 Å². The van der Waals surface area contributed by atoms with Gasteiger partial charge in [0.2, 0.25) is 0 Å². The Morgan fingerprint density at radius 1 is 1.26 bits per heavy atom. The van der Waals surface area contributed by atoms with Crippen LogP contribution in [0.1, 0.15) is 12.8 Å². The molecule has 3 heterocycles. The Bertz CT molecular complexity index is 820. The van der Waals surface area contributed by atoms with E-state index in [0.29, 0.717) is 47.6 Å².